The second-order valence-corrected chi connectivity index (χ2v) is 6.28. The van der Waals surface area contributed by atoms with Crippen molar-refractivity contribution in [1.82, 2.24) is 0 Å². The van der Waals surface area contributed by atoms with E-state index in [1.54, 1.807) is 0 Å². The Kier molecular flexibility index (Phi) is 2.51. The fraction of sp³-hybridized carbons (Fsp3) is 0.929. The maximum atomic E-state index is 12.3. The van der Waals surface area contributed by atoms with Crippen LogP contribution in [0.4, 0.5) is 0 Å². The van der Waals surface area contributed by atoms with Crippen LogP contribution in [-0.2, 0) is 9.53 Å². The molecule has 3 fully saturated rings. The molecule has 3 heteroatoms. The largest absolute Gasteiger partial charge is 0.468 e. The molecule has 3 atom stereocenters. The molecule has 96 valence electrons. The summed E-state index contributed by atoms with van der Waals surface area (Å²) in [5, 5.41) is 11.0. The Balaban J connectivity index is 2.00. The average molecular weight is 238 g/mol. The van der Waals surface area contributed by atoms with Crippen LogP contribution in [0.3, 0.4) is 0 Å². The van der Waals surface area contributed by atoms with Crippen LogP contribution in [0.15, 0.2) is 0 Å². The van der Waals surface area contributed by atoms with Crippen molar-refractivity contribution in [3.8, 4) is 0 Å². The number of methoxy groups -OCH3 is 1. The van der Waals surface area contributed by atoms with Crippen molar-refractivity contribution >= 4 is 5.97 Å². The molecule has 0 aromatic carbocycles. The molecule has 0 aromatic heterocycles. The fourth-order valence-corrected chi connectivity index (χ4v) is 4.93. The Morgan fingerprint density at radius 1 is 1.29 bits per heavy atom. The molecule has 3 aliphatic rings. The first-order valence-electron chi connectivity index (χ1n) is 6.93. The Labute approximate surface area is 103 Å². The maximum absolute atomic E-state index is 12.3. The van der Waals surface area contributed by atoms with Crippen molar-refractivity contribution < 1.29 is 14.6 Å². The van der Waals surface area contributed by atoms with Gasteiger partial charge in [-0.2, -0.15) is 0 Å². The molecule has 0 aromatic rings. The van der Waals surface area contributed by atoms with Crippen molar-refractivity contribution in [3.05, 3.63) is 0 Å². The van der Waals surface area contributed by atoms with Gasteiger partial charge in [0.05, 0.1) is 18.1 Å². The lowest BCUT2D eigenvalue weighted by Crippen LogP contribution is -2.55. The Morgan fingerprint density at radius 2 is 2.00 bits per heavy atom. The van der Waals surface area contributed by atoms with Crippen LogP contribution in [0.1, 0.15) is 51.4 Å². The molecule has 3 aliphatic carbocycles. The maximum Gasteiger partial charge on any atom is 0.315 e. The second-order valence-electron chi connectivity index (χ2n) is 6.28. The van der Waals surface area contributed by atoms with Gasteiger partial charge in [0, 0.05) is 0 Å². The van der Waals surface area contributed by atoms with Crippen molar-refractivity contribution in [2.75, 3.05) is 7.11 Å². The van der Waals surface area contributed by atoms with E-state index in [1.165, 1.54) is 13.5 Å². The highest BCUT2D eigenvalue weighted by molar-refractivity contribution is 5.79. The lowest BCUT2D eigenvalue weighted by Gasteiger charge is -2.46. The summed E-state index contributed by atoms with van der Waals surface area (Å²) in [7, 11) is 1.47. The van der Waals surface area contributed by atoms with Gasteiger partial charge in [0.1, 0.15) is 0 Å². The first-order valence-corrected chi connectivity index (χ1v) is 6.93. The predicted molar refractivity (Wildman–Crippen MR) is 63.3 cm³/mol. The van der Waals surface area contributed by atoms with Gasteiger partial charge >= 0.3 is 5.97 Å². The third kappa shape index (κ3) is 1.35. The van der Waals surface area contributed by atoms with Crippen LogP contribution >= 0.6 is 0 Å². The van der Waals surface area contributed by atoms with Gasteiger partial charge in [-0.25, -0.2) is 0 Å². The van der Waals surface area contributed by atoms with Crippen LogP contribution < -0.4 is 0 Å². The van der Waals surface area contributed by atoms with E-state index in [1.807, 2.05) is 0 Å². The van der Waals surface area contributed by atoms with E-state index in [9.17, 15) is 9.90 Å². The van der Waals surface area contributed by atoms with Crippen LogP contribution in [0.25, 0.3) is 0 Å². The lowest BCUT2D eigenvalue weighted by atomic mass is 9.61. The Bertz CT molecular complexity index is 332. The highest BCUT2D eigenvalue weighted by atomic mass is 16.5. The van der Waals surface area contributed by atoms with Crippen molar-refractivity contribution in [2.24, 2.45) is 17.3 Å². The van der Waals surface area contributed by atoms with Gasteiger partial charge in [-0.1, -0.05) is 19.3 Å². The zero-order chi connectivity index (χ0) is 12.1. The van der Waals surface area contributed by atoms with Gasteiger partial charge in [0.2, 0.25) is 0 Å². The molecule has 2 bridgehead atoms. The van der Waals surface area contributed by atoms with Crippen LogP contribution in [0.5, 0.6) is 0 Å². The number of hydrogen-bond donors (Lipinski definition) is 1. The highest BCUT2D eigenvalue weighted by Gasteiger charge is 2.66. The predicted octanol–water partition coefficient (Wildman–Crippen LogP) is 2.27. The molecule has 17 heavy (non-hydrogen) atoms. The molecule has 0 amide bonds. The van der Waals surface area contributed by atoms with Gasteiger partial charge in [-0.3, -0.25) is 4.79 Å². The molecular weight excluding hydrogens is 216 g/mol. The van der Waals surface area contributed by atoms with E-state index in [0.29, 0.717) is 11.8 Å². The van der Waals surface area contributed by atoms with E-state index in [0.717, 1.165) is 44.9 Å². The Morgan fingerprint density at radius 3 is 2.47 bits per heavy atom. The van der Waals surface area contributed by atoms with Gasteiger partial charge in [-0.05, 0) is 43.9 Å². The normalized spacial score (nSPS) is 42.9. The van der Waals surface area contributed by atoms with Crippen molar-refractivity contribution in [3.63, 3.8) is 0 Å². The molecule has 3 saturated carbocycles. The molecule has 0 radical (unpaired) electrons. The summed E-state index contributed by atoms with van der Waals surface area (Å²) in [6.07, 6.45) is 7.98. The summed E-state index contributed by atoms with van der Waals surface area (Å²) in [6.45, 7) is 0. The van der Waals surface area contributed by atoms with E-state index in [2.05, 4.69) is 0 Å². The number of aliphatic hydroxyl groups is 1. The zero-order valence-electron chi connectivity index (χ0n) is 10.6. The quantitative estimate of drug-likeness (QED) is 0.751. The second kappa shape index (κ2) is 3.71. The van der Waals surface area contributed by atoms with E-state index >= 15 is 0 Å². The van der Waals surface area contributed by atoms with Crippen LogP contribution in [-0.4, -0.2) is 23.8 Å². The number of carbonyl (C=O) groups is 1. The van der Waals surface area contributed by atoms with Crippen molar-refractivity contribution in [1.29, 1.82) is 0 Å². The molecule has 0 heterocycles. The molecule has 1 N–H and O–H groups in total. The summed E-state index contributed by atoms with van der Waals surface area (Å²) in [5.41, 5.74) is -1.35. The molecule has 0 spiro atoms. The lowest BCUT2D eigenvalue weighted by molar-refractivity contribution is -0.181. The summed E-state index contributed by atoms with van der Waals surface area (Å²) in [5.74, 6) is 0.862. The van der Waals surface area contributed by atoms with Crippen LogP contribution in [0.2, 0.25) is 0 Å². The van der Waals surface area contributed by atoms with E-state index in [-0.39, 0.29) is 5.97 Å². The van der Waals surface area contributed by atoms with Gasteiger partial charge in [0.15, 0.2) is 0 Å². The molecule has 3 unspecified atom stereocenters. The fourth-order valence-electron chi connectivity index (χ4n) is 4.93. The number of ether oxygens (including phenoxy) is 1. The minimum Gasteiger partial charge on any atom is -0.468 e. The molecule has 3 rings (SSSR count). The van der Waals surface area contributed by atoms with Gasteiger partial charge in [-0.15, -0.1) is 0 Å². The number of rotatable bonds is 2. The van der Waals surface area contributed by atoms with Crippen LogP contribution in [0, 0.1) is 17.3 Å². The first kappa shape index (κ1) is 11.5. The third-order valence-corrected chi connectivity index (χ3v) is 5.66. The van der Waals surface area contributed by atoms with Gasteiger partial charge < -0.3 is 9.84 Å². The molecule has 0 saturated heterocycles. The third-order valence-electron chi connectivity index (χ3n) is 5.66. The Hall–Kier alpha value is -0.570. The average Bonchev–Trinajstić information content (AvgIpc) is 3.02. The molecule has 0 aliphatic heterocycles. The summed E-state index contributed by atoms with van der Waals surface area (Å²) >= 11 is 0. The number of fused-ring (bicyclic) bond motifs is 2. The molecular formula is C14H22O3. The zero-order valence-corrected chi connectivity index (χ0v) is 10.6. The van der Waals surface area contributed by atoms with Gasteiger partial charge in [0.25, 0.3) is 0 Å². The monoisotopic (exact) mass is 238 g/mol. The minimum atomic E-state index is -0.778. The number of carbonyl (C=O) groups excluding carboxylic acids is 1. The SMILES string of the molecule is COC(=O)C1(C2(O)CCCC2)CC2CCC1C2. The summed E-state index contributed by atoms with van der Waals surface area (Å²) in [6, 6.07) is 0. The minimum absolute atomic E-state index is 0.144. The standard InChI is InChI=1S/C14H22O3/c1-17-12(15)14(13(16)6-2-3-7-13)9-10-4-5-11(14)8-10/h10-11,16H,2-9H2,1H3. The smallest absolute Gasteiger partial charge is 0.315 e. The summed E-state index contributed by atoms with van der Waals surface area (Å²) < 4.78 is 5.07. The summed E-state index contributed by atoms with van der Waals surface area (Å²) in [4.78, 5) is 12.3. The van der Waals surface area contributed by atoms with E-state index < -0.39 is 11.0 Å². The van der Waals surface area contributed by atoms with E-state index in [4.69, 9.17) is 4.74 Å². The van der Waals surface area contributed by atoms with Crippen molar-refractivity contribution in [2.45, 2.75) is 57.0 Å². The topological polar surface area (TPSA) is 46.5 Å². The first-order chi connectivity index (χ1) is 8.12. The number of esters is 1. The number of hydrogen-bond acceptors (Lipinski definition) is 3. The highest BCUT2D eigenvalue weighted by Crippen LogP contribution is 2.64. The molecule has 3 nitrogen and oxygen atoms in total.